The van der Waals surface area contributed by atoms with Crippen molar-refractivity contribution >= 4 is 5.97 Å². The molecule has 0 amide bonds. The second-order valence-corrected chi connectivity index (χ2v) is 3.18. The maximum atomic E-state index is 12.7. The van der Waals surface area contributed by atoms with Crippen LogP contribution in [0.2, 0.25) is 0 Å². The summed E-state index contributed by atoms with van der Waals surface area (Å²) in [7, 11) is 1.34. The van der Waals surface area contributed by atoms with Gasteiger partial charge in [-0.2, -0.15) is 0 Å². The maximum absolute atomic E-state index is 12.7. The Morgan fingerprint density at radius 3 is 2.71 bits per heavy atom. The Labute approximate surface area is 97.6 Å². The highest BCUT2D eigenvalue weighted by Crippen LogP contribution is 2.24. The number of halogens is 2. The molecule has 0 spiro atoms. The van der Waals surface area contributed by atoms with Crippen LogP contribution in [0.1, 0.15) is 24.6 Å². The standard InChI is InChI=1S/C11H13F2NO3/c1-3-17-9(15)6-7-4-5-8(16-2)14-10(7)11(12)13/h4-5,11H,3,6H2,1-2H3. The Morgan fingerprint density at radius 2 is 2.18 bits per heavy atom. The van der Waals surface area contributed by atoms with Gasteiger partial charge in [-0.05, 0) is 12.5 Å². The van der Waals surface area contributed by atoms with Crippen molar-refractivity contribution in [1.82, 2.24) is 4.98 Å². The lowest BCUT2D eigenvalue weighted by Crippen LogP contribution is -2.10. The Bertz CT molecular complexity index is 396. The Morgan fingerprint density at radius 1 is 1.47 bits per heavy atom. The summed E-state index contributed by atoms with van der Waals surface area (Å²) in [5.41, 5.74) is -0.295. The van der Waals surface area contributed by atoms with Crippen molar-refractivity contribution in [1.29, 1.82) is 0 Å². The van der Waals surface area contributed by atoms with Crippen molar-refractivity contribution in [2.45, 2.75) is 19.8 Å². The van der Waals surface area contributed by atoms with E-state index in [-0.39, 0.29) is 24.5 Å². The summed E-state index contributed by atoms with van der Waals surface area (Å²) >= 11 is 0. The van der Waals surface area contributed by atoms with Crippen LogP contribution in [0.5, 0.6) is 5.88 Å². The number of ether oxygens (including phenoxy) is 2. The third-order valence-corrected chi connectivity index (χ3v) is 2.04. The number of pyridine rings is 1. The van der Waals surface area contributed by atoms with E-state index in [1.165, 1.54) is 19.2 Å². The Balaban J connectivity index is 2.94. The molecule has 0 saturated heterocycles. The highest BCUT2D eigenvalue weighted by molar-refractivity contribution is 5.72. The van der Waals surface area contributed by atoms with Crippen molar-refractivity contribution < 1.29 is 23.0 Å². The summed E-state index contributed by atoms with van der Waals surface area (Å²) in [6, 6.07) is 2.82. The minimum absolute atomic E-state index is 0.0907. The van der Waals surface area contributed by atoms with E-state index in [1.807, 2.05) is 0 Å². The number of methoxy groups -OCH3 is 1. The van der Waals surface area contributed by atoms with E-state index in [4.69, 9.17) is 9.47 Å². The largest absolute Gasteiger partial charge is 0.481 e. The highest BCUT2D eigenvalue weighted by atomic mass is 19.3. The van der Waals surface area contributed by atoms with Gasteiger partial charge in [0.25, 0.3) is 6.43 Å². The van der Waals surface area contributed by atoms with Gasteiger partial charge in [0.05, 0.1) is 20.1 Å². The monoisotopic (exact) mass is 245 g/mol. The summed E-state index contributed by atoms with van der Waals surface area (Å²) in [4.78, 5) is 14.8. The molecule has 0 fully saturated rings. The first-order valence-corrected chi connectivity index (χ1v) is 5.06. The summed E-state index contributed by atoms with van der Waals surface area (Å²) < 4.78 is 34.9. The third-order valence-electron chi connectivity index (χ3n) is 2.04. The number of alkyl halides is 2. The van der Waals surface area contributed by atoms with Crippen LogP contribution in [-0.4, -0.2) is 24.7 Å². The zero-order valence-electron chi connectivity index (χ0n) is 9.57. The summed E-state index contributed by atoms with van der Waals surface area (Å²) in [6.07, 6.45) is -2.97. The Hall–Kier alpha value is -1.72. The lowest BCUT2D eigenvalue weighted by molar-refractivity contribution is -0.142. The molecule has 94 valence electrons. The van der Waals surface area contributed by atoms with Crippen LogP contribution in [0.3, 0.4) is 0 Å². The van der Waals surface area contributed by atoms with Crippen molar-refractivity contribution in [3.05, 3.63) is 23.4 Å². The smallest absolute Gasteiger partial charge is 0.310 e. The maximum Gasteiger partial charge on any atom is 0.310 e. The molecule has 0 radical (unpaired) electrons. The SMILES string of the molecule is CCOC(=O)Cc1ccc(OC)nc1C(F)F. The molecular formula is C11H13F2NO3. The second-order valence-electron chi connectivity index (χ2n) is 3.18. The Kier molecular flexibility index (Phi) is 4.81. The van der Waals surface area contributed by atoms with Crippen LogP contribution in [0.25, 0.3) is 0 Å². The van der Waals surface area contributed by atoms with Crippen molar-refractivity contribution in [3.8, 4) is 5.88 Å². The summed E-state index contributed by atoms with van der Waals surface area (Å²) in [6.45, 7) is 1.87. The van der Waals surface area contributed by atoms with Crippen LogP contribution >= 0.6 is 0 Å². The summed E-state index contributed by atoms with van der Waals surface area (Å²) in [5, 5.41) is 0. The first kappa shape index (κ1) is 13.3. The predicted octanol–water partition coefficient (Wildman–Crippen LogP) is 2.13. The van der Waals surface area contributed by atoms with E-state index in [0.29, 0.717) is 0 Å². The average Bonchev–Trinajstić information content (AvgIpc) is 2.29. The first-order valence-electron chi connectivity index (χ1n) is 5.06. The number of carbonyl (C=O) groups is 1. The fourth-order valence-electron chi connectivity index (χ4n) is 1.30. The molecule has 1 rings (SSSR count). The minimum Gasteiger partial charge on any atom is -0.481 e. The van der Waals surface area contributed by atoms with Gasteiger partial charge in [0, 0.05) is 6.07 Å². The molecule has 17 heavy (non-hydrogen) atoms. The van der Waals surface area contributed by atoms with Crippen LogP contribution in [0.15, 0.2) is 12.1 Å². The molecule has 1 aromatic rings. The molecule has 0 aliphatic carbocycles. The molecule has 0 aliphatic rings. The molecular weight excluding hydrogens is 232 g/mol. The zero-order valence-corrected chi connectivity index (χ0v) is 9.57. The van der Waals surface area contributed by atoms with E-state index in [2.05, 4.69) is 4.98 Å². The molecule has 6 heteroatoms. The fourth-order valence-corrected chi connectivity index (χ4v) is 1.30. The van der Waals surface area contributed by atoms with Crippen LogP contribution in [0, 0.1) is 0 Å². The molecule has 0 N–H and O–H groups in total. The van der Waals surface area contributed by atoms with E-state index >= 15 is 0 Å². The molecule has 1 aromatic heterocycles. The summed E-state index contributed by atoms with van der Waals surface area (Å²) in [5.74, 6) is -0.464. The second kappa shape index (κ2) is 6.12. The fraction of sp³-hybridized carbons (Fsp3) is 0.455. The number of carbonyl (C=O) groups excluding carboxylic acids is 1. The number of hydrogen-bond donors (Lipinski definition) is 0. The van der Waals surface area contributed by atoms with Gasteiger partial charge in [0.1, 0.15) is 5.69 Å². The van der Waals surface area contributed by atoms with Gasteiger partial charge in [-0.25, -0.2) is 13.8 Å². The third kappa shape index (κ3) is 3.65. The van der Waals surface area contributed by atoms with Crippen molar-refractivity contribution in [3.63, 3.8) is 0 Å². The zero-order chi connectivity index (χ0) is 12.8. The number of esters is 1. The number of rotatable bonds is 5. The lowest BCUT2D eigenvalue weighted by Gasteiger charge is -2.09. The quantitative estimate of drug-likeness (QED) is 0.745. The molecule has 0 aliphatic heterocycles. The van der Waals surface area contributed by atoms with Gasteiger partial charge < -0.3 is 9.47 Å². The van der Waals surface area contributed by atoms with E-state index in [0.717, 1.165) is 0 Å². The first-order chi connectivity index (χ1) is 8.08. The lowest BCUT2D eigenvalue weighted by atomic mass is 10.1. The number of nitrogens with zero attached hydrogens (tertiary/aromatic N) is 1. The van der Waals surface area contributed by atoms with Gasteiger partial charge in [-0.1, -0.05) is 6.07 Å². The predicted molar refractivity (Wildman–Crippen MR) is 56.1 cm³/mol. The van der Waals surface area contributed by atoms with Gasteiger partial charge in [0.2, 0.25) is 5.88 Å². The molecule has 0 bridgehead atoms. The topological polar surface area (TPSA) is 48.4 Å². The van der Waals surface area contributed by atoms with Gasteiger partial charge in [0.15, 0.2) is 0 Å². The van der Waals surface area contributed by atoms with Gasteiger partial charge in [-0.3, -0.25) is 4.79 Å². The molecule has 0 saturated carbocycles. The van der Waals surface area contributed by atoms with Crippen molar-refractivity contribution in [2.75, 3.05) is 13.7 Å². The van der Waals surface area contributed by atoms with Crippen LogP contribution in [0.4, 0.5) is 8.78 Å². The van der Waals surface area contributed by atoms with E-state index < -0.39 is 18.1 Å². The van der Waals surface area contributed by atoms with Gasteiger partial charge >= 0.3 is 5.97 Å². The van der Waals surface area contributed by atoms with Crippen LogP contribution < -0.4 is 4.74 Å². The minimum atomic E-state index is -2.76. The van der Waals surface area contributed by atoms with E-state index in [1.54, 1.807) is 6.92 Å². The normalized spacial score (nSPS) is 10.4. The molecule has 0 unspecified atom stereocenters. The molecule has 1 heterocycles. The van der Waals surface area contributed by atoms with Crippen molar-refractivity contribution in [2.24, 2.45) is 0 Å². The van der Waals surface area contributed by atoms with Gasteiger partial charge in [-0.15, -0.1) is 0 Å². The molecule has 4 nitrogen and oxygen atoms in total. The van der Waals surface area contributed by atoms with Crippen LogP contribution in [-0.2, 0) is 16.0 Å². The number of aromatic nitrogens is 1. The highest BCUT2D eigenvalue weighted by Gasteiger charge is 2.18. The molecule has 0 atom stereocenters. The molecule has 0 aromatic carbocycles. The van der Waals surface area contributed by atoms with E-state index in [9.17, 15) is 13.6 Å². The average molecular weight is 245 g/mol. The number of hydrogen-bond acceptors (Lipinski definition) is 4.